The molecule has 2 heterocycles. The molecule has 11 heteroatoms. The summed E-state index contributed by atoms with van der Waals surface area (Å²) in [6, 6.07) is 13.5. The van der Waals surface area contributed by atoms with Crippen molar-refractivity contribution in [1.82, 2.24) is 5.32 Å². The summed E-state index contributed by atoms with van der Waals surface area (Å²) in [5.74, 6) is -0.721. The smallest absolute Gasteiger partial charge is 0.270 e. The Balaban J connectivity index is 1.66. The zero-order valence-electron chi connectivity index (χ0n) is 15.9. The van der Waals surface area contributed by atoms with Gasteiger partial charge in [0.1, 0.15) is 17.1 Å². The van der Waals surface area contributed by atoms with E-state index in [4.69, 9.17) is 39.8 Å². The van der Waals surface area contributed by atoms with Gasteiger partial charge in [0.05, 0.1) is 10.6 Å². The SMILES string of the molecule is O=C1NC(=S)N(c2cc(Cl)cc(Cl)c2)C(=O)/C1=C\c1ccc(-c2ccc([N+](=O)[O-])cc2)o1. The van der Waals surface area contributed by atoms with E-state index in [1.807, 2.05) is 0 Å². The predicted molar refractivity (Wildman–Crippen MR) is 123 cm³/mol. The summed E-state index contributed by atoms with van der Waals surface area (Å²) in [4.78, 5) is 36.9. The highest BCUT2D eigenvalue weighted by Gasteiger charge is 2.35. The number of carbonyl (C=O) groups excluding carboxylic acids is 2. The zero-order valence-corrected chi connectivity index (χ0v) is 18.2. The lowest BCUT2D eigenvalue weighted by Gasteiger charge is -2.29. The number of thiocarbonyl (C=S) groups is 1. The Morgan fingerprint density at radius 3 is 2.31 bits per heavy atom. The van der Waals surface area contributed by atoms with Crippen LogP contribution in [0.3, 0.4) is 0 Å². The van der Waals surface area contributed by atoms with Crippen LogP contribution in [0.5, 0.6) is 0 Å². The van der Waals surface area contributed by atoms with Crippen LogP contribution >= 0.6 is 35.4 Å². The molecule has 0 unspecified atom stereocenters. The molecule has 160 valence electrons. The topological polar surface area (TPSA) is 106 Å². The van der Waals surface area contributed by atoms with E-state index in [9.17, 15) is 19.7 Å². The summed E-state index contributed by atoms with van der Waals surface area (Å²) in [7, 11) is 0. The predicted octanol–water partition coefficient (Wildman–Crippen LogP) is 4.99. The van der Waals surface area contributed by atoms with Crippen molar-refractivity contribution in [2.24, 2.45) is 0 Å². The summed E-state index contributed by atoms with van der Waals surface area (Å²) in [6.07, 6.45) is 1.29. The standard InChI is InChI=1S/C21H11Cl2N3O5S/c22-12-7-13(23)9-15(8-12)25-20(28)17(19(27)24-21(25)32)10-16-5-6-18(31-16)11-1-3-14(4-2-11)26(29)30/h1-10H,(H,24,27,32)/b17-10-. The van der Waals surface area contributed by atoms with Gasteiger partial charge in [0.15, 0.2) is 5.11 Å². The van der Waals surface area contributed by atoms with E-state index in [1.54, 1.807) is 12.1 Å². The van der Waals surface area contributed by atoms with Gasteiger partial charge < -0.3 is 4.42 Å². The fourth-order valence-corrected chi connectivity index (χ4v) is 3.83. The summed E-state index contributed by atoms with van der Waals surface area (Å²) in [5.41, 5.74) is 0.633. The molecule has 8 nitrogen and oxygen atoms in total. The highest BCUT2D eigenvalue weighted by Crippen LogP contribution is 2.30. The molecule has 3 aromatic rings. The van der Waals surface area contributed by atoms with Crippen LogP contribution in [0.15, 0.2) is 64.6 Å². The minimum atomic E-state index is -0.683. The van der Waals surface area contributed by atoms with Gasteiger partial charge in [0, 0.05) is 27.7 Å². The van der Waals surface area contributed by atoms with E-state index in [0.717, 1.165) is 4.90 Å². The van der Waals surface area contributed by atoms with Gasteiger partial charge in [-0.15, -0.1) is 0 Å². The largest absolute Gasteiger partial charge is 0.457 e. The number of nitrogens with one attached hydrogen (secondary N) is 1. The van der Waals surface area contributed by atoms with Crippen LogP contribution in [0.25, 0.3) is 17.4 Å². The van der Waals surface area contributed by atoms with Gasteiger partial charge in [0.25, 0.3) is 17.5 Å². The molecule has 0 saturated carbocycles. The van der Waals surface area contributed by atoms with Crippen molar-refractivity contribution in [2.45, 2.75) is 0 Å². The van der Waals surface area contributed by atoms with Gasteiger partial charge in [-0.3, -0.25) is 29.9 Å². The number of carbonyl (C=O) groups is 2. The molecule has 4 rings (SSSR count). The summed E-state index contributed by atoms with van der Waals surface area (Å²) < 4.78 is 5.70. The first-order chi connectivity index (χ1) is 15.2. The van der Waals surface area contributed by atoms with Crippen molar-refractivity contribution >= 4 is 69.8 Å². The van der Waals surface area contributed by atoms with Crippen molar-refractivity contribution < 1.29 is 18.9 Å². The quantitative estimate of drug-likeness (QED) is 0.182. The van der Waals surface area contributed by atoms with E-state index in [-0.39, 0.29) is 22.1 Å². The second-order valence-corrected chi connectivity index (χ2v) is 7.85. The Morgan fingerprint density at radius 2 is 1.69 bits per heavy atom. The third-order valence-electron chi connectivity index (χ3n) is 4.48. The summed E-state index contributed by atoms with van der Waals surface area (Å²) in [6.45, 7) is 0. The third kappa shape index (κ3) is 4.26. The molecular formula is C21H11Cl2N3O5S. The number of furan rings is 1. The lowest BCUT2D eigenvalue weighted by molar-refractivity contribution is -0.384. The molecule has 0 spiro atoms. The summed E-state index contributed by atoms with van der Waals surface area (Å²) in [5, 5.41) is 13.7. The molecule has 32 heavy (non-hydrogen) atoms. The van der Waals surface area contributed by atoms with Crippen molar-refractivity contribution in [1.29, 1.82) is 0 Å². The van der Waals surface area contributed by atoms with E-state index in [2.05, 4.69) is 5.32 Å². The molecule has 1 aliphatic rings. The Hall–Kier alpha value is -3.53. The first-order valence-corrected chi connectivity index (χ1v) is 10.1. The Bertz CT molecular complexity index is 1300. The molecular weight excluding hydrogens is 477 g/mol. The van der Waals surface area contributed by atoms with E-state index in [0.29, 0.717) is 27.1 Å². The highest BCUT2D eigenvalue weighted by atomic mass is 35.5. The second-order valence-electron chi connectivity index (χ2n) is 6.59. The van der Waals surface area contributed by atoms with Crippen molar-refractivity contribution in [3.63, 3.8) is 0 Å². The van der Waals surface area contributed by atoms with Gasteiger partial charge in [-0.05, 0) is 60.8 Å². The van der Waals surface area contributed by atoms with Gasteiger partial charge in [-0.2, -0.15) is 0 Å². The third-order valence-corrected chi connectivity index (χ3v) is 5.20. The zero-order chi connectivity index (χ0) is 23.0. The molecule has 0 aliphatic carbocycles. The van der Waals surface area contributed by atoms with Crippen LogP contribution < -0.4 is 10.2 Å². The van der Waals surface area contributed by atoms with Gasteiger partial charge in [-0.25, -0.2) is 0 Å². The maximum Gasteiger partial charge on any atom is 0.270 e. The monoisotopic (exact) mass is 487 g/mol. The molecule has 1 fully saturated rings. The maximum absolute atomic E-state index is 13.1. The van der Waals surface area contributed by atoms with Gasteiger partial charge in [0.2, 0.25) is 0 Å². The maximum atomic E-state index is 13.1. The number of benzene rings is 2. The fourth-order valence-electron chi connectivity index (χ4n) is 3.04. The number of halogens is 2. The normalized spacial score (nSPS) is 15.2. The lowest BCUT2D eigenvalue weighted by atomic mass is 10.1. The van der Waals surface area contributed by atoms with E-state index in [1.165, 1.54) is 48.5 Å². The fraction of sp³-hybridized carbons (Fsp3) is 0. The van der Waals surface area contributed by atoms with Gasteiger partial charge in [-0.1, -0.05) is 23.2 Å². The van der Waals surface area contributed by atoms with E-state index >= 15 is 0 Å². The highest BCUT2D eigenvalue weighted by molar-refractivity contribution is 7.80. The molecule has 1 N–H and O–H groups in total. The van der Waals surface area contributed by atoms with Crippen molar-refractivity contribution in [2.75, 3.05) is 4.90 Å². The van der Waals surface area contributed by atoms with E-state index < -0.39 is 16.7 Å². The number of nitrogens with zero attached hydrogens (tertiary/aromatic N) is 2. The molecule has 1 aromatic heterocycles. The number of nitro groups is 1. The minimum absolute atomic E-state index is 0.0516. The number of hydrogen-bond acceptors (Lipinski definition) is 6. The Morgan fingerprint density at radius 1 is 1.03 bits per heavy atom. The Labute approximate surface area is 196 Å². The van der Waals surface area contributed by atoms with Crippen LogP contribution in [-0.2, 0) is 9.59 Å². The first kappa shape index (κ1) is 21.7. The van der Waals surface area contributed by atoms with Crippen LogP contribution in [0.2, 0.25) is 10.0 Å². The molecule has 0 bridgehead atoms. The Kier molecular flexibility index (Phi) is 5.79. The minimum Gasteiger partial charge on any atom is -0.457 e. The summed E-state index contributed by atoms with van der Waals surface area (Å²) >= 11 is 17.2. The van der Waals surface area contributed by atoms with Crippen LogP contribution in [-0.4, -0.2) is 21.9 Å². The van der Waals surface area contributed by atoms with Crippen molar-refractivity contribution in [3.8, 4) is 11.3 Å². The number of hydrogen-bond donors (Lipinski definition) is 1. The van der Waals surface area contributed by atoms with Crippen LogP contribution in [0.1, 0.15) is 5.76 Å². The molecule has 1 saturated heterocycles. The van der Waals surface area contributed by atoms with Gasteiger partial charge >= 0.3 is 0 Å². The lowest BCUT2D eigenvalue weighted by Crippen LogP contribution is -2.54. The molecule has 1 aliphatic heterocycles. The van der Waals surface area contributed by atoms with Crippen molar-refractivity contribution in [3.05, 3.63) is 86.1 Å². The first-order valence-electron chi connectivity index (χ1n) is 8.95. The average Bonchev–Trinajstić information content (AvgIpc) is 3.19. The molecule has 2 aromatic carbocycles. The average molecular weight is 488 g/mol. The van der Waals surface area contributed by atoms with Crippen LogP contribution in [0.4, 0.5) is 11.4 Å². The second kappa shape index (κ2) is 8.54. The molecule has 0 radical (unpaired) electrons. The number of anilines is 1. The number of non-ortho nitro benzene ring substituents is 1. The molecule has 0 atom stereocenters. The number of amides is 2. The molecule has 2 amide bonds. The number of rotatable bonds is 4. The van der Waals surface area contributed by atoms with Crippen LogP contribution in [0, 0.1) is 10.1 Å². The number of nitro benzene ring substituents is 1.